The van der Waals surface area contributed by atoms with Crippen molar-refractivity contribution in [2.75, 3.05) is 5.73 Å². The molecule has 0 saturated heterocycles. The Bertz CT molecular complexity index is 400. The Labute approximate surface area is 64.8 Å². The van der Waals surface area contributed by atoms with Crippen molar-refractivity contribution in [3.05, 3.63) is 5.21 Å². The first-order valence-electron chi connectivity index (χ1n) is 2.93. The van der Waals surface area contributed by atoms with Crippen molar-refractivity contribution in [1.82, 2.24) is 0 Å². The molecule has 0 aromatic carbocycles. The van der Waals surface area contributed by atoms with E-state index < -0.39 is 12.0 Å². The molecule has 0 aliphatic rings. The van der Waals surface area contributed by atoms with Gasteiger partial charge in [0.05, 0.1) is 0 Å². The van der Waals surface area contributed by atoms with Crippen LogP contribution in [0.1, 0.15) is 0 Å². The third-order valence-electron chi connectivity index (χ3n) is 1.41. The minimum absolute atomic E-state index is 0.0224. The van der Waals surface area contributed by atoms with E-state index in [-0.39, 0.29) is 21.7 Å². The molecule has 2 aromatic rings. The van der Waals surface area contributed by atoms with Gasteiger partial charge in [0.25, 0.3) is 5.58 Å². The third-order valence-corrected chi connectivity index (χ3v) is 1.41. The molecule has 64 valence electrons. The number of anilines is 1. The van der Waals surface area contributed by atoms with Gasteiger partial charge in [-0.15, -0.1) is 0 Å². The highest BCUT2D eigenvalue weighted by Crippen LogP contribution is 2.33. The number of hydrogen-bond acceptors (Lipinski definition) is 6. The number of furan rings is 1. The van der Waals surface area contributed by atoms with E-state index in [1.165, 1.54) is 0 Å². The summed E-state index contributed by atoms with van der Waals surface area (Å²) in [6.07, 6.45) is -0.879. The summed E-state index contributed by atoms with van der Waals surface area (Å²) >= 11 is 0. The average Bonchev–Trinajstić information content (AvgIpc) is 2.43. The van der Waals surface area contributed by atoms with Crippen LogP contribution in [0.15, 0.2) is 8.83 Å². The van der Waals surface area contributed by atoms with Gasteiger partial charge in [-0.05, 0) is 0 Å². The van der Waals surface area contributed by atoms with Crippen molar-refractivity contribution in [3.8, 4) is 12.0 Å². The molecule has 0 atom stereocenters. The zero-order valence-electron chi connectivity index (χ0n) is 5.64. The molecule has 0 amide bonds. The second kappa shape index (κ2) is 1.76. The summed E-state index contributed by atoms with van der Waals surface area (Å²) in [5.41, 5.74) is 4.48. The quantitative estimate of drug-likeness (QED) is 0.369. The van der Waals surface area contributed by atoms with Crippen LogP contribution in [0.4, 0.5) is 5.69 Å². The Morgan fingerprint density at radius 1 is 1.33 bits per heavy atom. The van der Waals surface area contributed by atoms with Crippen molar-refractivity contribution in [2.24, 2.45) is 0 Å². The molecule has 2 heterocycles. The molecule has 7 nitrogen and oxygen atoms in total. The molecule has 2 rings (SSSR count). The van der Waals surface area contributed by atoms with Gasteiger partial charge < -0.3 is 30.0 Å². The third kappa shape index (κ3) is 0.570. The van der Waals surface area contributed by atoms with E-state index in [0.717, 1.165) is 0 Å². The van der Waals surface area contributed by atoms with Gasteiger partial charge in [-0.3, -0.25) is 0 Å². The van der Waals surface area contributed by atoms with E-state index in [0.29, 0.717) is 0 Å². The molecule has 0 saturated carbocycles. The Kier molecular flexibility index (Phi) is 0.972. The van der Waals surface area contributed by atoms with Crippen molar-refractivity contribution >= 4 is 17.0 Å². The van der Waals surface area contributed by atoms with E-state index >= 15 is 0 Å². The van der Waals surface area contributed by atoms with Crippen LogP contribution in [0, 0.1) is 5.21 Å². The van der Waals surface area contributed by atoms with Crippen LogP contribution in [0.3, 0.4) is 0 Å². The molecule has 0 aliphatic heterocycles. The summed E-state index contributed by atoms with van der Waals surface area (Å²) in [6.45, 7) is 0. The van der Waals surface area contributed by atoms with E-state index in [9.17, 15) is 5.21 Å². The number of fused-ring (bicyclic) bond motifs is 1. The second-order valence-electron chi connectivity index (χ2n) is 2.13. The fourth-order valence-electron chi connectivity index (χ4n) is 0.857. The first-order valence-corrected chi connectivity index (χ1v) is 2.93. The molecule has 7 heteroatoms. The highest BCUT2D eigenvalue weighted by atomic mass is 16.6. The average molecular weight is 172 g/mol. The molecular formula is C5H4N2O5. The Morgan fingerprint density at radius 2 is 2.00 bits per heavy atom. The fourth-order valence-corrected chi connectivity index (χ4v) is 0.857. The SMILES string of the molecule is Nc1c(O)oc2c1oc(O)[n+]2[O-]. The maximum atomic E-state index is 10.8. The van der Waals surface area contributed by atoms with Crippen LogP contribution in [-0.4, -0.2) is 10.2 Å². The van der Waals surface area contributed by atoms with Crippen LogP contribution in [-0.2, 0) is 0 Å². The highest BCUT2D eigenvalue weighted by molar-refractivity contribution is 5.82. The number of nitrogens with two attached hydrogens (primary N) is 1. The van der Waals surface area contributed by atoms with Crippen LogP contribution < -0.4 is 10.5 Å². The molecule has 0 radical (unpaired) electrons. The number of nitrogen functional groups attached to an aromatic ring is 1. The van der Waals surface area contributed by atoms with Gasteiger partial charge in [-0.25, -0.2) is 0 Å². The lowest BCUT2D eigenvalue weighted by Gasteiger charge is -1.85. The van der Waals surface area contributed by atoms with Crippen molar-refractivity contribution in [1.29, 1.82) is 0 Å². The number of nitrogens with zero attached hydrogens (tertiary/aromatic N) is 1. The maximum Gasteiger partial charge on any atom is 0.573 e. The zero-order valence-corrected chi connectivity index (χ0v) is 5.64. The Morgan fingerprint density at radius 3 is 2.58 bits per heavy atom. The van der Waals surface area contributed by atoms with Crippen LogP contribution in [0.25, 0.3) is 11.3 Å². The molecule has 0 spiro atoms. The molecule has 0 unspecified atom stereocenters. The molecule has 12 heavy (non-hydrogen) atoms. The zero-order chi connectivity index (χ0) is 8.88. The fraction of sp³-hybridized carbons (Fsp3) is 0. The van der Waals surface area contributed by atoms with Gasteiger partial charge in [0.1, 0.15) is 0 Å². The number of oxazole rings is 1. The van der Waals surface area contributed by atoms with Crippen molar-refractivity contribution < 1.29 is 23.8 Å². The van der Waals surface area contributed by atoms with Gasteiger partial charge in [0.15, 0.2) is 5.69 Å². The van der Waals surface area contributed by atoms with E-state index in [1.54, 1.807) is 0 Å². The predicted molar refractivity (Wildman–Crippen MR) is 35.2 cm³/mol. The van der Waals surface area contributed by atoms with E-state index in [4.69, 9.17) is 15.9 Å². The summed E-state index contributed by atoms with van der Waals surface area (Å²) in [4.78, 5) is 0. The molecule has 4 N–H and O–H groups in total. The summed E-state index contributed by atoms with van der Waals surface area (Å²) in [7, 11) is 0. The van der Waals surface area contributed by atoms with Gasteiger partial charge in [-0.1, -0.05) is 4.73 Å². The summed E-state index contributed by atoms with van der Waals surface area (Å²) in [5.74, 6) is -0.603. The smallest absolute Gasteiger partial charge is 0.573 e. The molecular weight excluding hydrogens is 168 g/mol. The first kappa shape index (κ1) is 6.65. The van der Waals surface area contributed by atoms with Crippen LogP contribution in [0.5, 0.6) is 12.0 Å². The summed E-state index contributed by atoms with van der Waals surface area (Å²) in [6, 6.07) is 0. The van der Waals surface area contributed by atoms with Crippen LogP contribution in [0.2, 0.25) is 0 Å². The Balaban J connectivity index is 2.93. The lowest BCUT2D eigenvalue weighted by molar-refractivity contribution is -0.599. The topological polar surface area (TPSA) is 120 Å². The van der Waals surface area contributed by atoms with Gasteiger partial charge >= 0.3 is 17.7 Å². The summed E-state index contributed by atoms with van der Waals surface area (Å²) in [5, 5.41) is 28.4. The number of rotatable bonds is 0. The van der Waals surface area contributed by atoms with Crippen molar-refractivity contribution in [3.63, 3.8) is 0 Å². The summed E-state index contributed by atoms with van der Waals surface area (Å²) < 4.78 is 8.93. The van der Waals surface area contributed by atoms with Gasteiger partial charge in [0.2, 0.25) is 0 Å². The maximum absolute atomic E-state index is 10.8. The minimum atomic E-state index is -0.879. The van der Waals surface area contributed by atoms with Gasteiger partial charge in [-0.2, -0.15) is 0 Å². The van der Waals surface area contributed by atoms with Gasteiger partial charge in [0, 0.05) is 0 Å². The lowest BCUT2D eigenvalue weighted by atomic mass is 10.5. The van der Waals surface area contributed by atoms with Crippen LogP contribution >= 0.6 is 0 Å². The number of aromatic nitrogens is 1. The monoisotopic (exact) mass is 172 g/mol. The first-order chi connectivity index (χ1) is 5.61. The molecule has 2 aromatic heterocycles. The second-order valence-corrected chi connectivity index (χ2v) is 2.13. The molecule has 0 fully saturated rings. The van der Waals surface area contributed by atoms with Crippen molar-refractivity contribution in [2.45, 2.75) is 0 Å². The van der Waals surface area contributed by atoms with E-state index in [2.05, 4.69) is 8.83 Å². The number of aromatic hydroxyl groups is 2. The minimum Gasteiger partial charge on any atom is -0.611 e. The molecule has 0 bridgehead atoms. The molecule has 0 aliphatic carbocycles. The standard InChI is InChI=1S/C5H4N2O5/c6-1-2-3(12-4(1)8)7(10)5(9)11-2/h8-9H,6H2. The predicted octanol–water partition coefficient (Wildman–Crippen LogP) is -0.347. The largest absolute Gasteiger partial charge is 0.611 e. The number of hydrogen-bond donors (Lipinski definition) is 3. The lowest BCUT2D eigenvalue weighted by Crippen LogP contribution is -2.22. The van der Waals surface area contributed by atoms with E-state index in [1.807, 2.05) is 0 Å². The Hall–Kier alpha value is -2.05. The highest BCUT2D eigenvalue weighted by Gasteiger charge is 2.27. The normalized spacial score (nSPS) is 11.0.